The first kappa shape index (κ1) is 44.1. The average Bonchev–Trinajstić information content (AvgIpc) is 2.72. The maximum absolute atomic E-state index is 11.1. The van der Waals surface area contributed by atoms with E-state index in [1.165, 1.54) is 20.6 Å². The molecule has 0 aromatic rings. The summed E-state index contributed by atoms with van der Waals surface area (Å²) < 4.78 is 8.51. The van der Waals surface area contributed by atoms with E-state index in [4.69, 9.17) is 22.4 Å². The molecule has 2 amide bonds. The zero-order valence-electron chi connectivity index (χ0n) is 22.7. The molecule has 3 saturated carbocycles. The maximum Gasteiger partial charge on any atom is 1.00 e. The number of methoxy groups -OCH3 is 2. The predicted molar refractivity (Wildman–Crippen MR) is 139 cm³/mol. The van der Waals surface area contributed by atoms with E-state index in [1.807, 2.05) is 0 Å². The van der Waals surface area contributed by atoms with Crippen LogP contribution < -0.4 is 35.2 Å². The van der Waals surface area contributed by atoms with Crippen LogP contribution in [0.25, 0.3) is 0 Å². The van der Waals surface area contributed by atoms with Crippen molar-refractivity contribution in [1.82, 2.24) is 10.6 Å². The minimum atomic E-state index is -0.988. The first-order valence-electron chi connectivity index (χ1n) is 11.9. The van der Waals surface area contributed by atoms with Gasteiger partial charge >= 0.3 is 36.8 Å². The van der Waals surface area contributed by atoms with Crippen LogP contribution >= 0.6 is 24.0 Å². The summed E-state index contributed by atoms with van der Waals surface area (Å²) in [6.07, 6.45) is 9.15. The molecule has 3 fully saturated rings. The van der Waals surface area contributed by atoms with Crippen LogP contribution in [0.5, 0.6) is 0 Å². The second-order valence-electron chi connectivity index (χ2n) is 8.37. The Balaban J connectivity index is -0.000000211. The van der Waals surface area contributed by atoms with Crippen molar-refractivity contribution in [1.29, 1.82) is 0 Å². The van der Waals surface area contributed by atoms with Crippen molar-refractivity contribution in [3.05, 3.63) is 0 Å². The Kier molecular flexibility index (Phi) is 29.8. The normalized spacial score (nSPS) is 14.9. The number of halogens is 2. The monoisotopic (exact) mass is 595 g/mol. The predicted octanol–water partition coefficient (Wildman–Crippen LogP) is -2.02. The number of nitrogens with two attached hydrogens (primary N) is 1. The molecule has 0 unspecified atom stereocenters. The van der Waals surface area contributed by atoms with Gasteiger partial charge in [-0.25, -0.2) is 0 Å². The third kappa shape index (κ3) is 21.6. The molecular weight excluding hydrogens is 556 g/mol. The van der Waals surface area contributed by atoms with Crippen LogP contribution in [-0.2, 0) is 38.2 Å². The molecular formula is C23H40Cl2LiN3O10. The Morgan fingerprint density at radius 3 is 1.31 bits per heavy atom. The van der Waals surface area contributed by atoms with Crippen molar-refractivity contribution < 1.29 is 67.7 Å². The Bertz CT molecular complexity index is 744. The second kappa shape index (κ2) is 26.3. The number of carbonyl (C=O) groups is 6. The van der Waals surface area contributed by atoms with Crippen molar-refractivity contribution in [2.45, 2.75) is 57.8 Å². The molecule has 3 rings (SSSR count). The van der Waals surface area contributed by atoms with E-state index in [2.05, 4.69) is 20.1 Å². The molecule has 0 heterocycles. The number of carboxylic acids is 1. The third-order valence-electron chi connectivity index (χ3n) is 5.82. The van der Waals surface area contributed by atoms with Gasteiger partial charge in [0.25, 0.3) is 0 Å². The van der Waals surface area contributed by atoms with Crippen molar-refractivity contribution >= 4 is 59.0 Å². The van der Waals surface area contributed by atoms with Gasteiger partial charge in [-0.2, -0.15) is 0 Å². The van der Waals surface area contributed by atoms with Gasteiger partial charge in [0.2, 0.25) is 17.1 Å². The number of rotatable bonds is 8. The molecule has 16 heteroatoms. The van der Waals surface area contributed by atoms with Crippen LogP contribution in [0.3, 0.4) is 0 Å². The Morgan fingerprint density at radius 2 is 1.13 bits per heavy atom. The molecule has 0 spiro atoms. The van der Waals surface area contributed by atoms with Crippen LogP contribution in [0.4, 0.5) is 0 Å². The van der Waals surface area contributed by atoms with E-state index in [-0.39, 0.29) is 97.2 Å². The van der Waals surface area contributed by atoms with Gasteiger partial charge in [0.05, 0.1) is 20.8 Å². The van der Waals surface area contributed by atoms with Crippen molar-refractivity contribution in [2.24, 2.45) is 23.5 Å². The van der Waals surface area contributed by atoms with Crippen molar-refractivity contribution in [3.63, 3.8) is 0 Å². The number of carbonyl (C=O) groups excluding carboxylic acids is 5. The van der Waals surface area contributed by atoms with Crippen LogP contribution in [-0.4, -0.2) is 79.4 Å². The van der Waals surface area contributed by atoms with E-state index < -0.39 is 11.9 Å². The van der Waals surface area contributed by atoms with E-state index in [9.17, 15) is 28.8 Å². The number of aliphatic carboxylic acids is 1. The topological polar surface area (TPSA) is 221 Å². The Hall–Kier alpha value is -1.88. The standard InChI is InChI=1S/C8H13NO3.C7H11NO3.C5H7ClO.C3H7NO2.ClH.Li.H2O/c1-12-7(10)5-9-8(11)6-3-2-4-6;9-6(10)4-8-7(11)5-2-1-3-5;6-5(7)4-2-1-3-4;1-6-3(5)2-4;;;/h6H,2-5H2,1H3,(H,9,11);5H,1-4H2,(H,8,11)(H,9,10);4H,1-3H2;2,4H2,1H3;1H;;1H2/q;;;;;+1;/p-1. The number of hydrogen-bond acceptors (Lipinski definition) is 10. The van der Waals surface area contributed by atoms with Crippen molar-refractivity contribution in [2.75, 3.05) is 33.9 Å². The maximum atomic E-state index is 11.1. The van der Waals surface area contributed by atoms with Gasteiger partial charge in [-0.15, -0.1) is 12.4 Å². The van der Waals surface area contributed by atoms with E-state index in [0.717, 1.165) is 51.4 Å². The minimum Gasteiger partial charge on any atom is -0.870 e. The molecule has 3 aliphatic carbocycles. The molecule has 0 aliphatic heterocycles. The summed E-state index contributed by atoms with van der Waals surface area (Å²) in [4.78, 5) is 62.7. The minimum absolute atomic E-state index is 0. The van der Waals surface area contributed by atoms with Gasteiger partial charge in [0.1, 0.15) is 13.1 Å². The summed E-state index contributed by atoms with van der Waals surface area (Å²) in [7, 11) is 2.60. The van der Waals surface area contributed by atoms with E-state index in [0.29, 0.717) is 0 Å². The molecule has 13 nitrogen and oxygen atoms in total. The number of esters is 2. The van der Waals surface area contributed by atoms with Crippen LogP contribution in [0, 0.1) is 17.8 Å². The van der Waals surface area contributed by atoms with Gasteiger partial charge < -0.3 is 36.4 Å². The quantitative estimate of drug-likeness (QED) is 0.136. The van der Waals surface area contributed by atoms with Gasteiger partial charge in [0, 0.05) is 17.8 Å². The molecule has 0 radical (unpaired) electrons. The number of ether oxygens (including phenoxy) is 2. The number of hydrogen-bond donors (Lipinski definition) is 4. The van der Waals surface area contributed by atoms with Crippen LogP contribution in [0.2, 0.25) is 0 Å². The van der Waals surface area contributed by atoms with Gasteiger partial charge in [0.15, 0.2) is 0 Å². The molecule has 222 valence electrons. The molecule has 0 aromatic heterocycles. The van der Waals surface area contributed by atoms with Crippen LogP contribution in [0.15, 0.2) is 0 Å². The zero-order valence-corrected chi connectivity index (χ0v) is 24.3. The SMILES string of the molecule is COC(=O)CN.COC(=O)CNC(=O)C1CCC1.Cl.O=C(Cl)C1CCC1.O=C(O)CNC(=O)C1CCC1.[Li+].[OH-]. The summed E-state index contributed by atoms with van der Waals surface area (Å²) in [5.74, 6) is -1.48. The molecule has 6 N–H and O–H groups in total. The summed E-state index contributed by atoms with van der Waals surface area (Å²) in [5, 5.41) is 12.9. The van der Waals surface area contributed by atoms with E-state index >= 15 is 0 Å². The van der Waals surface area contributed by atoms with Crippen LogP contribution in [0.1, 0.15) is 57.8 Å². The fraction of sp³-hybridized carbons (Fsp3) is 0.739. The van der Waals surface area contributed by atoms with Gasteiger partial charge in [-0.1, -0.05) is 19.3 Å². The Labute approximate surface area is 251 Å². The summed E-state index contributed by atoms with van der Waals surface area (Å²) in [6.45, 7) is -0.294. The number of amides is 2. The molecule has 0 atom stereocenters. The summed E-state index contributed by atoms with van der Waals surface area (Å²) in [5.41, 5.74) is 4.81. The van der Waals surface area contributed by atoms with Gasteiger partial charge in [-0.05, 0) is 50.1 Å². The molecule has 0 bridgehead atoms. The third-order valence-corrected chi connectivity index (χ3v) is 6.13. The summed E-state index contributed by atoms with van der Waals surface area (Å²) in [6, 6.07) is 0. The first-order chi connectivity index (χ1) is 17.0. The average molecular weight is 596 g/mol. The molecule has 0 saturated heterocycles. The number of carboxylic acid groups (broad SMARTS) is 1. The van der Waals surface area contributed by atoms with Crippen molar-refractivity contribution in [3.8, 4) is 0 Å². The smallest absolute Gasteiger partial charge is 0.870 e. The summed E-state index contributed by atoms with van der Waals surface area (Å²) >= 11 is 5.14. The largest absolute Gasteiger partial charge is 1.00 e. The fourth-order valence-electron chi connectivity index (χ4n) is 2.74. The second-order valence-corrected chi connectivity index (χ2v) is 8.75. The Morgan fingerprint density at radius 1 is 0.769 bits per heavy atom. The van der Waals surface area contributed by atoms with Gasteiger partial charge in [-0.3, -0.25) is 28.8 Å². The molecule has 39 heavy (non-hydrogen) atoms. The molecule has 0 aromatic carbocycles. The zero-order chi connectivity index (χ0) is 27.5. The first-order valence-corrected chi connectivity index (χ1v) is 12.2. The fourth-order valence-corrected chi connectivity index (χ4v) is 2.96. The number of nitrogens with one attached hydrogen (secondary N) is 2. The van der Waals surface area contributed by atoms with E-state index in [1.54, 1.807) is 0 Å². The molecule has 3 aliphatic rings.